The fourth-order valence-corrected chi connectivity index (χ4v) is 2.31. The van der Waals surface area contributed by atoms with E-state index in [-0.39, 0.29) is 0 Å². The standard InChI is InChI=1S/C13H15BrN2O/c1-9(2)16-13(11(14)8-15-16)10-6-4-5-7-12(10)17-3/h4-9H,1-3H3. The van der Waals surface area contributed by atoms with Crippen molar-refractivity contribution in [2.75, 3.05) is 7.11 Å². The molecule has 0 aliphatic rings. The van der Waals surface area contributed by atoms with Crippen molar-refractivity contribution in [1.82, 2.24) is 9.78 Å². The number of rotatable bonds is 3. The van der Waals surface area contributed by atoms with E-state index in [1.54, 1.807) is 7.11 Å². The first-order chi connectivity index (χ1) is 8.15. The van der Waals surface area contributed by atoms with Crippen LogP contribution in [-0.2, 0) is 0 Å². The first kappa shape index (κ1) is 12.2. The zero-order valence-corrected chi connectivity index (χ0v) is 11.7. The van der Waals surface area contributed by atoms with Crippen molar-refractivity contribution in [3.8, 4) is 17.0 Å². The Bertz CT molecular complexity index is 520. The van der Waals surface area contributed by atoms with Gasteiger partial charge in [0.1, 0.15) is 5.75 Å². The summed E-state index contributed by atoms with van der Waals surface area (Å²) < 4.78 is 8.37. The second-order valence-electron chi connectivity index (χ2n) is 4.08. The number of halogens is 1. The van der Waals surface area contributed by atoms with Crippen molar-refractivity contribution in [2.45, 2.75) is 19.9 Å². The van der Waals surface area contributed by atoms with Gasteiger partial charge in [-0.3, -0.25) is 4.68 Å². The zero-order chi connectivity index (χ0) is 12.4. The first-order valence-electron chi connectivity index (χ1n) is 5.51. The summed E-state index contributed by atoms with van der Waals surface area (Å²) in [7, 11) is 1.68. The van der Waals surface area contributed by atoms with Crippen LogP contribution in [0.1, 0.15) is 19.9 Å². The Morgan fingerprint density at radius 3 is 2.65 bits per heavy atom. The quantitative estimate of drug-likeness (QED) is 0.858. The molecule has 0 aliphatic heterocycles. The summed E-state index contributed by atoms with van der Waals surface area (Å²) in [6.45, 7) is 4.22. The van der Waals surface area contributed by atoms with E-state index in [0.29, 0.717) is 6.04 Å². The molecule has 0 radical (unpaired) electrons. The summed E-state index contributed by atoms with van der Waals surface area (Å²) >= 11 is 3.55. The number of aromatic nitrogens is 2. The van der Waals surface area contributed by atoms with Crippen molar-refractivity contribution in [3.05, 3.63) is 34.9 Å². The Kier molecular flexibility index (Phi) is 3.52. The minimum atomic E-state index is 0.307. The highest BCUT2D eigenvalue weighted by atomic mass is 79.9. The summed E-state index contributed by atoms with van der Waals surface area (Å²) in [4.78, 5) is 0. The smallest absolute Gasteiger partial charge is 0.128 e. The van der Waals surface area contributed by atoms with Gasteiger partial charge in [-0.1, -0.05) is 12.1 Å². The Balaban J connectivity index is 2.63. The Morgan fingerprint density at radius 1 is 1.29 bits per heavy atom. The monoisotopic (exact) mass is 294 g/mol. The Morgan fingerprint density at radius 2 is 2.00 bits per heavy atom. The van der Waals surface area contributed by atoms with Gasteiger partial charge >= 0.3 is 0 Å². The Hall–Kier alpha value is -1.29. The molecule has 0 amide bonds. The average Bonchev–Trinajstić information content (AvgIpc) is 2.71. The third-order valence-corrected chi connectivity index (χ3v) is 3.18. The van der Waals surface area contributed by atoms with Gasteiger partial charge in [0.15, 0.2) is 0 Å². The molecule has 0 N–H and O–H groups in total. The van der Waals surface area contributed by atoms with Crippen molar-refractivity contribution in [2.24, 2.45) is 0 Å². The molecule has 0 unspecified atom stereocenters. The minimum Gasteiger partial charge on any atom is -0.496 e. The third kappa shape index (κ3) is 2.22. The largest absolute Gasteiger partial charge is 0.496 e. The van der Waals surface area contributed by atoms with E-state index in [9.17, 15) is 0 Å². The number of hydrogen-bond donors (Lipinski definition) is 0. The molecule has 2 aromatic rings. The van der Waals surface area contributed by atoms with E-state index in [1.807, 2.05) is 35.1 Å². The lowest BCUT2D eigenvalue weighted by Crippen LogP contribution is -2.05. The molecule has 1 aromatic carbocycles. The Labute approximate surface area is 110 Å². The van der Waals surface area contributed by atoms with Gasteiger partial charge in [0, 0.05) is 11.6 Å². The molecule has 0 saturated heterocycles. The van der Waals surface area contributed by atoms with Gasteiger partial charge in [-0.25, -0.2) is 0 Å². The van der Waals surface area contributed by atoms with E-state index < -0.39 is 0 Å². The fraction of sp³-hybridized carbons (Fsp3) is 0.308. The molecule has 17 heavy (non-hydrogen) atoms. The number of nitrogens with zero attached hydrogens (tertiary/aromatic N) is 2. The summed E-state index contributed by atoms with van der Waals surface area (Å²) in [5, 5.41) is 4.38. The van der Waals surface area contributed by atoms with Gasteiger partial charge in [-0.15, -0.1) is 0 Å². The molecule has 2 rings (SSSR count). The lowest BCUT2D eigenvalue weighted by Gasteiger charge is -2.14. The summed E-state index contributed by atoms with van der Waals surface area (Å²) in [6, 6.07) is 8.27. The third-order valence-electron chi connectivity index (χ3n) is 2.60. The molecule has 4 heteroatoms. The maximum Gasteiger partial charge on any atom is 0.128 e. The molecular weight excluding hydrogens is 280 g/mol. The molecule has 0 spiro atoms. The van der Waals surface area contributed by atoms with Crippen LogP contribution in [-0.4, -0.2) is 16.9 Å². The maximum atomic E-state index is 5.40. The van der Waals surface area contributed by atoms with Gasteiger partial charge in [0.2, 0.25) is 0 Å². The highest BCUT2D eigenvalue weighted by molar-refractivity contribution is 9.10. The average molecular weight is 295 g/mol. The highest BCUT2D eigenvalue weighted by Crippen LogP contribution is 2.35. The summed E-state index contributed by atoms with van der Waals surface area (Å²) in [5.74, 6) is 0.857. The number of benzene rings is 1. The van der Waals surface area contributed by atoms with Crippen LogP contribution in [0.25, 0.3) is 11.3 Å². The predicted molar refractivity (Wildman–Crippen MR) is 72.3 cm³/mol. The summed E-state index contributed by atoms with van der Waals surface area (Å²) in [6.07, 6.45) is 1.82. The van der Waals surface area contributed by atoms with Crippen LogP contribution in [0.2, 0.25) is 0 Å². The van der Waals surface area contributed by atoms with Crippen molar-refractivity contribution >= 4 is 15.9 Å². The van der Waals surface area contributed by atoms with E-state index in [0.717, 1.165) is 21.5 Å². The topological polar surface area (TPSA) is 27.1 Å². The zero-order valence-electron chi connectivity index (χ0n) is 10.1. The summed E-state index contributed by atoms with van der Waals surface area (Å²) in [5.41, 5.74) is 2.10. The van der Waals surface area contributed by atoms with Crippen LogP contribution >= 0.6 is 15.9 Å². The predicted octanol–water partition coefficient (Wildman–Crippen LogP) is 3.90. The van der Waals surface area contributed by atoms with Crippen LogP contribution in [0.3, 0.4) is 0 Å². The van der Waals surface area contributed by atoms with Crippen LogP contribution in [0, 0.1) is 0 Å². The maximum absolute atomic E-state index is 5.40. The first-order valence-corrected chi connectivity index (χ1v) is 6.31. The van der Waals surface area contributed by atoms with E-state index in [4.69, 9.17) is 4.74 Å². The minimum absolute atomic E-state index is 0.307. The van der Waals surface area contributed by atoms with Gasteiger partial charge in [0.25, 0.3) is 0 Å². The molecular formula is C13H15BrN2O. The molecule has 3 nitrogen and oxygen atoms in total. The molecule has 1 heterocycles. The number of methoxy groups -OCH3 is 1. The van der Waals surface area contributed by atoms with Crippen LogP contribution in [0.4, 0.5) is 0 Å². The van der Waals surface area contributed by atoms with Gasteiger partial charge in [-0.05, 0) is 41.9 Å². The molecule has 0 atom stereocenters. The van der Waals surface area contributed by atoms with Crippen molar-refractivity contribution < 1.29 is 4.74 Å². The second kappa shape index (κ2) is 4.92. The molecule has 0 saturated carbocycles. The highest BCUT2D eigenvalue weighted by Gasteiger charge is 2.16. The molecule has 0 fully saturated rings. The normalized spacial score (nSPS) is 10.9. The van der Waals surface area contributed by atoms with Gasteiger partial charge in [-0.2, -0.15) is 5.10 Å². The van der Waals surface area contributed by atoms with Gasteiger partial charge < -0.3 is 4.74 Å². The van der Waals surface area contributed by atoms with Crippen LogP contribution < -0.4 is 4.74 Å². The molecule has 1 aromatic heterocycles. The molecule has 90 valence electrons. The van der Waals surface area contributed by atoms with Crippen LogP contribution in [0.15, 0.2) is 34.9 Å². The van der Waals surface area contributed by atoms with E-state index in [2.05, 4.69) is 34.9 Å². The van der Waals surface area contributed by atoms with Crippen molar-refractivity contribution in [1.29, 1.82) is 0 Å². The lowest BCUT2D eigenvalue weighted by atomic mass is 10.1. The molecule has 0 bridgehead atoms. The number of para-hydroxylation sites is 1. The second-order valence-corrected chi connectivity index (χ2v) is 4.93. The molecule has 0 aliphatic carbocycles. The van der Waals surface area contributed by atoms with Gasteiger partial charge in [0.05, 0.1) is 23.5 Å². The van der Waals surface area contributed by atoms with Crippen molar-refractivity contribution in [3.63, 3.8) is 0 Å². The van der Waals surface area contributed by atoms with E-state index in [1.165, 1.54) is 0 Å². The lowest BCUT2D eigenvalue weighted by molar-refractivity contribution is 0.415. The van der Waals surface area contributed by atoms with Crippen LogP contribution in [0.5, 0.6) is 5.75 Å². The number of hydrogen-bond acceptors (Lipinski definition) is 2. The number of ether oxygens (including phenoxy) is 1. The van der Waals surface area contributed by atoms with E-state index >= 15 is 0 Å². The SMILES string of the molecule is COc1ccccc1-c1c(Br)cnn1C(C)C. The fourth-order valence-electron chi connectivity index (χ4n) is 1.83.